The smallest absolute Gasteiger partial charge is 0.326 e. The molecular formula is C25H36N6O7. The summed E-state index contributed by atoms with van der Waals surface area (Å²) in [6.07, 6.45) is 2.01. The van der Waals surface area contributed by atoms with Gasteiger partial charge in [0.15, 0.2) is 0 Å². The molecule has 2 rings (SSSR count). The van der Waals surface area contributed by atoms with E-state index in [9.17, 15) is 34.2 Å². The number of nitrogens with one attached hydrogen (secondary N) is 4. The Morgan fingerprint density at radius 1 is 1.00 bits per heavy atom. The maximum Gasteiger partial charge on any atom is 0.326 e. The van der Waals surface area contributed by atoms with Crippen LogP contribution in [-0.2, 0) is 30.4 Å². The van der Waals surface area contributed by atoms with Crippen LogP contribution in [0.1, 0.15) is 38.7 Å². The third-order valence-corrected chi connectivity index (χ3v) is 6.36. The number of hydrogen-bond donors (Lipinski definition) is 8. The summed E-state index contributed by atoms with van der Waals surface area (Å²) in [7, 11) is 0. The molecule has 0 aliphatic rings. The molecule has 4 amide bonds. The van der Waals surface area contributed by atoms with Gasteiger partial charge in [-0.1, -0.05) is 38.5 Å². The van der Waals surface area contributed by atoms with Gasteiger partial charge >= 0.3 is 5.97 Å². The second-order valence-electron chi connectivity index (χ2n) is 9.19. The van der Waals surface area contributed by atoms with Gasteiger partial charge in [0.1, 0.15) is 18.1 Å². The Hall–Kier alpha value is -3.97. The molecule has 0 spiro atoms. The van der Waals surface area contributed by atoms with Crippen molar-refractivity contribution in [3.8, 4) is 0 Å². The molecule has 0 fully saturated rings. The summed E-state index contributed by atoms with van der Waals surface area (Å²) < 4.78 is 0. The third kappa shape index (κ3) is 8.28. The van der Waals surface area contributed by atoms with Crippen molar-refractivity contribution in [2.45, 2.75) is 63.7 Å². The zero-order chi connectivity index (χ0) is 28.4. The highest BCUT2D eigenvalue weighted by Gasteiger charge is 2.32. The van der Waals surface area contributed by atoms with Gasteiger partial charge in [-0.15, -0.1) is 0 Å². The number of aliphatic hydroxyl groups is 1. The number of aromatic nitrogens is 1. The number of para-hydroxylation sites is 1. The molecule has 1 heterocycles. The van der Waals surface area contributed by atoms with Crippen molar-refractivity contribution in [2.24, 2.45) is 17.4 Å². The number of rotatable bonds is 15. The predicted octanol–water partition coefficient (Wildman–Crippen LogP) is -1.12. The second kappa shape index (κ2) is 14.1. The standard InChI is InChI=1S/C25H36N6O7/c1-3-13(2)21(25(37)38)31-24(36)19(12-32)30-23(35)18(29-22(34)16(26)8-9-20(27)33)10-14-11-28-17-7-5-4-6-15(14)17/h4-7,11,13,16,18-19,21,28,32H,3,8-10,12,26H2,1-2H3,(H2,27,33)(H,29,34)(H,30,35)(H,31,36)(H,37,38). The minimum absolute atomic E-state index is 0.00845. The van der Waals surface area contributed by atoms with Crippen LogP contribution in [0.4, 0.5) is 0 Å². The summed E-state index contributed by atoms with van der Waals surface area (Å²) in [5, 5.41) is 27.3. The van der Waals surface area contributed by atoms with Gasteiger partial charge in [-0.2, -0.15) is 0 Å². The van der Waals surface area contributed by atoms with E-state index in [1.807, 2.05) is 24.3 Å². The first-order valence-corrected chi connectivity index (χ1v) is 12.3. The van der Waals surface area contributed by atoms with Gasteiger partial charge in [-0.3, -0.25) is 19.2 Å². The summed E-state index contributed by atoms with van der Waals surface area (Å²) in [5.41, 5.74) is 12.5. The SMILES string of the molecule is CCC(C)C(NC(=O)C(CO)NC(=O)C(Cc1c[nH]c2ccccc12)NC(=O)C(N)CCC(N)=O)C(=O)O. The minimum atomic E-state index is -1.47. The van der Waals surface area contributed by atoms with Gasteiger partial charge in [0.25, 0.3) is 0 Å². The summed E-state index contributed by atoms with van der Waals surface area (Å²) in [4.78, 5) is 64.4. The molecule has 2 aromatic rings. The number of aliphatic hydroxyl groups excluding tert-OH is 1. The lowest BCUT2D eigenvalue weighted by atomic mass is 9.99. The monoisotopic (exact) mass is 532 g/mol. The molecule has 0 aliphatic carbocycles. The number of carbonyl (C=O) groups excluding carboxylic acids is 4. The Bertz CT molecular complexity index is 1150. The average molecular weight is 533 g/mol. The van der Waals surface area contributed by atoms with Crippen molar-refractivity contribution in [3.63, 3.8) is 0 Å². The van der Waals surface area contributed by atoms with Gasteiger partial charge in [-0.05, 0) is 24.0 Å². The number of primary amides is 1. The van der Waals surface area contributed by atoms with Crippen LogP contribution in [0.2, 0.25) is 0 Å². The number of aromatic amines is 1. The van der Waals surface area contributed by atoms with Crippen molar-refractivity contribution in [3.05, 3.63) is 36.0 Å². The second-order valence-corrected chi connectivity index (χ2v) is 9.19. The number of amides is 4. The highest BCUT2D eigenvalue weighted by Crippen LogP contribution is 2.19. The summed E-state index contributed by atoms with van der Waals surface area (Å²) in [6, 6.07) is 2.30. The van der Waals surface area contributed by atoms with Gasteiger partial charge in [0.2, 0.25) is 23.6 Å². The number of H-pyrrole nitrogens is 1. The molecule has 0 radical (unpaired) electrons. The van der Waals surface area contributed by atoms with Crippen molar-refractivity contribution >= 4 is 40.5 Å². The number of hydrogen-bond acceptors (Lipinski definition) is 7. The topological polar surface area (TPSA) is 230 Å². The summed E-state index contributed by atoms with van der Waals surface area (Å²) in [6.45, 7) is 2.61. The first kappa shape index (κ1) is 30.3. The normalized spacial score (nSPS) is 15.1. The lowest BCUT2D eigenvalue weighted by Crippen LogP contribution is -2.59. The van der Waals surface area contributed by atoms with Crippen molar-refractivity contribution in [2.75, 3.05) is 6.61 Å². The van der Waals surface area contributed by atoms with Crippen LogP contribution in [0, 0.1) is 5.92 Å². The van der Waals surface area contributed by atoms with Crippen molar-refractivity contribution in [1.82, 2.24) is 20.9 Å². The Morgan fingerprint density at radius 2 is 1.63 bits per heavy atom. The van der Waals surface area contributed by atoms with E-state index in [-0.39, 0.29) is 19.3 Å². The van der Waals surface area contributed by atoms with Gasteiger partial charge in [0, 0.05) is 29.9 Å². The van der Waals surface area contributed by atoms with Crippen LogP contribution >= 0.6 is 0 Å². The number of carboxylic acids is 1. The molecule has 13 heteroatoms. The zero-order valence-corrected chi connectivity index (χ0v) is 21.4. The molecule has 0 aliphatic heterocycles. The molecule has 5 unspecified atom stereocenters. The highest BCUT2D eigenvalue weighted by atomic mass is 16.4. The fraction of sp³-hybridized carbons (Fsp3) is 0.480. The average Bonchev–Trinajstić information content (AvgIpc) is 3.30. The van der Waals surface area contributed by atoms with E-state index in [0.29, 0.717) is 12.0 Å². The van der Waals surface area contributed by atoms with Gasteiger partial charge in [0.05, 0.1) is 12.6 Å². The quantitative estimate of drug-likeness (QED) is 0.140. The molecule has 1 aromatic heterocycles. The van der Waals surface area contributed by atoms with E-state index in [1.54, 1.807) is 20.0 Å². The maximum atomic E-state index is 13.3. The largest absolute Gasteiger partial charge is 0.480 e. The minimum Gasteiger partial charge on any atom is -0.480 e. The van der Waals surface area contributed by atoms with E-state index in [2.05, 4.69) is 20.9 Å². The Balaban J connectivity index is 2.23. The molecule has 10 N–H and O–H groups in total. The van der Waals surface area contributed by atoms with Gasteiger partial charge < -0.3 is 42.6 Å². The molecule has 208 valence electrons. The molecule has 0 bridgehead atoms. The molecule has 0 saturated carbocycles. The number of aliphatic carboxylic acids is 1. The highest BCUT2D eigenvalue weighted by molar-refractivity contribution is 5.95. The van der Waals surface area contributed by atoms with Crippen LogP contribution in [0.5, 0.6) is 0 Å². The van der Waals surface area contributed by atoms with E-state index < -0.39 is 66.3 Å². The summed E-state index contributed by atoms with van der Waals surface area (Å²) in [5.74, 6) is -4.67. The lowest BCUT2D eigenvalue weighted by Gasteiger charge is -2.25. The number of carboxylic acid groups (broad SMARTS) is 1. The molecule has 38 heavy (non-hydrogen) atoms. The molecule has 13 nitrogen and oxygen atoms in total. The Kier molecular flexibility index (Phi) is 11.2. The fourth-order valence-electron chi connectivity index (χ4n) is 3.84. The fourth-order valence-corrected chi connectivity index (χ4v) is 3.84. The van der Waals surface area contributed by atoms with E-state index in [1.165, 1.54) is 0 Å². The number of benzene rings is 1. The van der Waals surface area contributed by atoms with Crippen LogP contribution in [0.15, 0.2) is 30.5 Å². The Labute approximate surface area is 219 Å². The molecule has 1 aromatic carbocycles. The molecule has 0 saturated heterocycles. The zero-order valence-electron chi connectivity index (χ0n) is 21.4. The summed E-state index contributed by atoms with van der Waals surface area (Å²) >= 11 is 0. The molecular weight excluding hydrogens is 496 g/mol. The van der Waals surface area contributed by atoms with Crippen molar-refractivity contribution in [1.29, 1.82) is 0 Å². The van der Waals surface area contributed by atoms with E-state index in [4.69, 9.17) is 11.5 Å². The van der Waals surface area contributed by atoms with E-state index in [0.717, 1.165) is 10.9 Å². The van der Waals surface area contributed by atoms with E-state index >= 15 is 0 Å². The van der Waals surface area contributed by atoms with Crippen LogP contribution in [-0.4, -0.2) is 75.6 Å². The number of fused-ring (bicyclic) bond motifs is 1. The molecule has 5 atom stereocenters. The predicted molar refractivity (Wildman–Crippen MR) is 138 cm³/mol. The first-order valence-electron chi connectivity index (χ1n) is 12.3. The number of nitrogens with two attached hydrogens (primary N) is 2. The van der Waals surface area contributed by atoms with Crippen LogP contribution in [0.3, 0.4) is 0 Å². The maximum absolute atomic E-state index is 13.3. The van der Waals surface area contributed by atoms with Crippen molar-refractivity contribution < 1.29 is 34.2 Å². The van der Waals surface area contributed by atoms with Crippen LogP contribution < -0.4 is 27.4 Å². The van der Waals surface area contributed by atoms with Gasteiger partial charge in [-0.25, -0.2) is 4.79 Å². The number of carbonyl (C=O) groups is 5. The first-order chi connectivity index (χ1) is 18.0. The lowest BCUT2D eigenvalue weighted by molar-refractivity contribution is -0.144. The van der Waals surface area contributed by atoms with Crippen LogP contribution in [0.25, 0.3) is 10.9 Å². The Morgan fingerprint density at radius 3 is 2.24 bits per heavy atom. The third-order valence-electron chi connectivity index (χ3n) is 6.36.